The number of unbranched alkanes of at least 4 members (excludes halogenated alkanes) is 24. The van der Waals surface area contributed by atoms with Crippen LogP contribution in [0.4, 0.5) is 0 Å². The number of amides is 1. The molecule has 10 heteroatoms. The smallest absolute Gasteiger partial charge is 0.456 e. The van der Waals surface area contributed by atoms with Crippen molar-refractivity contribution < 1.29 is 37.3 Å². The van der Waals surface area contributed by atoms with Crippen molar-refractivity contribution in [3.05, 3.63) is 146 Å². The Bertz CT molecular complexity index is 2000. The van der Waals surface area contributed by atoms with Crippen LogP contribution in [0.15, 0.2) is 146 Å². The predicted molar refractivity (Wildman–Crippen MR) is 378 cm³/mol. The number of allylic oxidation sites excluding steroid dienone is 23. The maximum atomic E-state index is 13.6. The van der Waals surface area contributed by atoms with Gasteiger partial charge in [-0.25, -0.2) is 4.57 Å². The summed E-state index contributed by atoms with van der Waals surface area (Å²) >= 11 is 0. The maximum absolute atomic E-state index is 13.6. The van der Waals surface area contributed by atoms with Crippen LogP contribution in [-0.4, -0.2) is 74.3 Å². The molecule has 0 rings (SSSR count). The first kappa shape index (κ1) is 82.9. The molecule has 2 N–H and O–H groups in total. The number of esters is 1. The second kappa shape index (κ2) is 64.9. The van der Waals surface area contributed by atoms with Gasteiger partial charge < -0.3 is 19.4 Å². The number of rotatable bonds is 62. The number of phosphoric acid groups is 1. The zero-order valence-electron chi connectivity index (χ0n) is 56.7. The van der Waals surface area contributed by atoms with Crippen LogP contribution in [0.5, 0.6) is 0 Å². The van der Waals surface area contributed by atoms with Gasteiger partial charge in [-0.1, -0.05) is 283 Å². The summed E-state index contributed by atoms with van der Waals surface area (Å²) in [5.41, 5.74) is 0. The molecule has 0 saturated heterocycles. The minimum Gasteiger partial charge on any atom is -0.456 e. The number of hydrogen-bond acceptors (Lipinski definition) is 6. The van der Waals surface area contributed by atoms with E-state index in [-0.39, 0.29) is 31.5 Å². The third-order valence-corrected chi connectivity index (χ3v) is 15.8. The van der Waals surface area contributed by atoms with E-state index in [1.165, 1.54) is 77.0 Å². The molecule has 0 fully saturated rings. The number of quaternary nitrogens is 1. The molecule has 9 nitrogen and oxygen atoms in total. The van der Waals surface area contributed by atoms with E-state index < -0.39 is 20.0 Å². The van der Waals surface area contributed by atoms with Gasteiger partial charge >= 0.3 is 13.8 Å². The second-order valence-electron chi connectivity index (χ2n) is 24.3. The van der Waals surface area contributed by atoms with Crippen molar-refractivity contribution in [1.82, 2.24) is 5.32 Å². The summed E-state index contributed by atoms with van der Waals surface area (Å²) in [6, 6.07) is -0.874. The van der Waals surface area contributed by atoms with Crippen molar-refractivity contribution in [3.8, 4) is 0 Å². The molecule has 1 amide bonds. The highest BCUT2D eigenvalue weighted by atomic mass is 31.2. The van der Waals surface area contributed by atoms with E-state index in [9.17, 15) is 19.0 Å². The lowest BCUT2D eigenvalue weighted by molar-refractivity contribution is -0.870. The van der Waals surface area contributed by atoms with Crippen molar-refractivity contribution in [2.24, 2.45) is 0 Å². The third kappa shape index (κ3) is 66.1. The van der Waals surface area contributed by atoms with Gasteiger partial charge in [-0.05, 0) is 128 Å². The van der Waals surface area contributed by atoms with Crippen LogP contribution in [-0.2, 0) is 27.9 Å². The highest BCUT2D eigenvalue weighted by Gasteiger charge is 2.30. The number of nitrogens with zero attached hydrogens (tertiary/aromatic N) is 1. The monoisotopic (exact) mass is 1230 g/mol. The average molecular weight is 1230 g/mol. The van der Waals surface area contributed by atoms with E-state index in [4.69, 9.17) is 13.8 Å². The Kier molecular flexibility index (Phi) is 61.8. The normalized spacial score (nSPS) is 14.4. The Balaban J connectivity index is 5.21. The summed E-state index contributed by atoms with van der Waals surface area (Å²) in [7, 11) is 1.46. The van der Waals surface area contributed by atoms with Crippen molar-refractivity contribution in [1.29, 1.82) is 0 Å². The Morgan fingerprint density at radius 1 is 0.414 bits per heavy atom. The fraction of sp³-hybridized carbons (Fsp3) is 0.662. The van der Waals surface area contributed by atoms with Crippen molar-refractivity contribution in [2.45, 2.75) is 290 Å². The molecule has 3 unspecified atom stereocenters. The fourth-order valence-corrected chi connectivity index (χ4v) is 10.2. The summed E-state index contributed by atoms with van der Waals surface area (Å²) < 4.78 is 30.8. The molecule has 0 saturated carbocycles. The summed E-state index contributed by atoms with van der Waals surface area (Å²) in [5, 5.41) is 3.06. The highest BCUT2D eigenvalue weighted by Crippen LogP contribution is 2.43. The van der Waals surface area contributed by atoms with Crippen molar-refractivity contribution in [2.75, 3.05) is 40.9 Å². The van der Waals surface area contributed by atoms with E-state index in [1.807, 2.05) is 33.3 Å². The lowest BCUT2D eigenvalue weighted by atomic mass is 10.0. The molecule has 496 valence electrons. The molecule has 0 heterocycles. The van der Waals surface area contributed by atoms with Gasteiger partial charge in [0.2, 0.25) is 5.91 Å². The first-order chi connectivity index (χ1) is 42.4. The third-order valence-electron chi connectivity index (χ3n) is 14.8. The molecule has 87 heavy (non-hydrogen) atoms. The van der Waals surface area contributed by atoms with Crippen LogP contribution in [0, 0.1) is 0 Å². The molecular weight excluding hydrogens is 1100 g/mol. The van der Waals surface area contributed by atoms with Crippen molar-refractivity contribution in [3.63, 3.8) is 0 Å². The molecular formula is C77H132N2O7P+. The number of ether oxygens (including phenoxy) is 1. The summed E-state index contributed by atoms with van der Waals surface area (Å²) in [5.74, 6) is -0.541. The number of likely N-dealkylation sites (N-methyl/N-ethyl adjacent to an activating group) is 1. The second-order valence-corrected chi connectivity index (χ2v) is 25.7. The molecule has 0 spiro atoms. The minimum absolute atomic E-state index is 0.0270. The largest absolute Gasteiger partial charge is 0.472 e. The molecule has 0 aliphatic rings. The fourth-order valence-electron chi connectivity index (χ4n) is 9.44. The van der Waals surface area contributed by atoms with Gasteiger partial charge in [-0.15, -0.1) is 0 Å². The van der Waals surface area contributed by atoms with Crippen LogP contribution >= 0.6 is 7.82 Å². The minimum atomic E-state index is -4.47. The van der Waals surface area contributed by atoms with Gasteiger partial charge in [0, 0.05) is 12.8 Å². The van der Waals surface area contributed by atoms with E-state index in [0.29, 0.717) is 17.4 Å². The summed E-state index contributed by atoms with van der Waals surface area (Å²) in [6.07, 6.45) is 94.2. The molecule has 0 aliphatic carbocycles. The van der Waals surface area contributed by atoms with Crippen LogP contribution in [0.25, 0.3) is 0 Å². The molecule has 3 atom stereocenters. The number of phosphoric ester groups is 1. The summed E-state index contributed by atoms with van der Waals surface area (Å²) in [6.45, 7) is 6.76. The lowest BCUT2D eigenvalue weighted by Gasteiger charge is -2.27. The molecule has 0 aliphatic heterocycles. The van der Waals surface area contributed by atoms with E-state index in [2.05, 4.69) is 160 Å². The first-order valence-corrected chi connectivity index (χ1v) is 36.7. The Morgan fingerprint density at radius 2 is 0.736 bits per heavy atom. The van der Waals surface area contributed by atoms with Gasteiger partial charge in [0.25, 0.3) is 0 Å². The quantitative estimate of drug-likeness (QED) is 0.0205. The predicted octanol–water partition coefficient (Wildman–Crippen LogP) is 22.6. The zero-order valence-corrected chi connectivity index (χ0v) is 57.6. The Morgan fingerprint density at radius 3 is 1.10 bits per heavy atom. The van der Waals surface area contributed by atoms with Crippen LogP contribution in [0.2, 0.25) is 0 Å². The average Bonchev–Trinajstić information content (AvgIpc) is 3.70. The van der Waals surface area contributed by atoms with Gasteiger partial charge in [-0.2, -0.15) is 0 Å². The molecule has 0 aromatic rings. The molecule has 0 aromatic carbocycles. The van der Waals surface area contributed by atoms with E-state index in [0.717, 1.165) is 167 Å². The van der Waals surface area contributed by atoms with Crippen molar-refractivity contribution >= 4 is 19.7 Å². The van der Waals surface area contributed by atoms with Gasteiger partial charge in [0.1, 0.15) is 19.3 Å². The van der Waals surface area contributed by atoms with Gasteiger partial charge in [0.05, 0.1) is 33.8 Å². The standard InChI is InChI=1S/C77H131N2O7P/c1-7-10-13-16-19-22-25-28-30-32-34-36-38-39-41-42-44-46-48-51-54-57-60-63-66-69-76(80)78-74(73-85-87(82,83)84-72-71-79(4,5)6)75(68-65-62-59-56-53-50-27-24-21-18-15-12-9-3)86-77(81)70-67-64-61-58-55-52-49-47-45-43-40-37-35-33-31-29-26-23-20-17-14-11-8-2/h10-11,13-14,19-20,22-23,28-31,34-37,39,41,43-46,65,68,74-75H,7-9,12,15-18,21,24-27,32-33,38,40,42,47-64,66-67,69-73H2,1-6H3,(H-,78,80,82,83)/p+1/b13-10-,14-11-,22-19-,23-20-,30-28-,31-29-,36-34-,37-35-,41-39-,45-43-,46-44-,68-65+. The molecule has 0 bridgehead atoms. The topological polar surface area (TPSA) is 111 Å². The number of carbonyl (C=O) groups is 2. The van der Waals surface area contributed by atoms with Gasteiger partial charge in [-0.3, -0.25) is 18.6 Å². The van der Waals surface area contributed by atoms with Crippen LogP contribution in [0.1, 0.15) is 278 Å². The number of hydrogen-bond donors (Lipinski definition) is 2. The molecule has 0 radical (unpaired) electrons. The van der Waals surface area contributed by atoms with Gasteiger partial charge in [0.15, 0.2) is 0 Å². The number of nitrogens with one attached hydrogen (secondary N) is 1. The summed E-state index contributed by atoms with van der Waals surface area (Å²) in [4.78, 5) is 37.9. The lowest BCUT2D eigenvalue weighted by Crippen LogP contribution is -2.47. The Hall–Kier alpha value is -4.11. The molecule has 0 aromatic heterocycles. The zero-order chi connectivity index (χ0) is 63.5. The Labute approximate surface area is 536 Å². The number of carbonyl (C=O) groups excluding carboxylic acids is 2. The highest BCUT2D eigenvalue weighted by molar-refractivity contribution is 7.47. The van der Waals surface area contributed by atoms with Crippen LogP contribution < -0.4 is 5.32 Å². The van der Waals surface area contributed by atoms with E-state index >= 15 is 0 Å². The van der Waals surface area contributed by atoms with E-state index in [1.54, 1.807) is 0 Å². The SMILES string of the molecule is CC/C=C\C/C=C\C/C=C\C/C=C\C/C=C\C/C=C\CCCCCCCCC(=O)NC(COP(=O)(O)OCC[N+](C)(C)C)C(/C=C/CCCCCCCCCCCCC)OC(=O)CCCCCCCCC/C=C\C/C=C\C/C=C\C/C=C\C/C=C\CC. The first-order valence-electron chi connectivity index (χ1n) is 35.2. The maximum Gasteiger partial charge on any atom is 0.472 e. The van der Waals surface area contributed by atoms with Crippen LogP contribution in [0.3, 0.4) is 0 Å².